The third-order valence-corrected chi connectivity index (χ3v) is 4.70. The summed E-state index contributed by atoms with van der Waals surface area (Å²) in [6, 6.07) is 0.964. The quantitative estimate of drug-likeness (QED) is 0.608. The Morgan fingerprint density at radius 3 is 2.43 bits per heavy atom. The van der Waals surface area contributed by atoms with E-state index in [1.165, 1.54) is 25.7 Å². The van der Waals surface area contributed by atoms with E-state index in [1.54, 1.807) is 0 Å². The van der Waals surface area contributed by atoms with Crippen molar-refractivity contribution in [2.75, 3.05) is 13.1 Å². The predicted molar refractivity (Wildman–Crippen MR) is 87.7 cm³/mol. The summed E-state index contributed by atoms with van der Waals surface area (Å²) >= 11 is 0. The maximum absolute atomic E-state index is 11.5. The number of nitrogens with one attached hydrogen (secondary N) is 1. The van der Waals surface area contributed by atoms with Crippen LogP contribution >= 0.6 is 0 Å². The molecule has 1 saturated carbocycles. The van der Waals surface area contributed by atoms with Crippen molar-refractivity contribution in [2.45, 2.75) is 90.3 Å². The largest absolute Gasteiger partial charge is 0.480 e. The van der Waals surface area contributed by atoms with E-state index in [0.717, 1.165) is 32.0 Å². The van der Waals surface area contributed by atoms with Gasteiger partial charge in [-0.1, -0.05) is 19.8 Å². The lowest BCUT2D eigenvalue weighted by Crippen LogP contribution is -2.52. The van der Waals surface area contributed by atoms with Gasteiger partial charge in [0.2, 0.25) is 0 Å². The Kier molecular flexibility index (Phi) is 7.67. The molecule has 0 saturated heterocycles. The molecule has 1 unspecified atom stereocenters. The Morgan fingerprint density at radius 2 is 1.95 bits per heavy atom. The van der Waals surface area contributed by atoms with Crippen LogP contribution in [0, 0.1) is 0 Å². The van der Waals surface area contributed by atoms with Crippen LogP contribution in [0.4, 0.5) is 0 Å². The van der Waals surface area contributed by atoms with Crippen LogP contribution in [0.3, 0.4) is 0 Å². The summed E-state index contributed by atoms with van der Waals surface area (Å²) in [5, 5.41) is 12.6. The lowest BCUT2D eigenvalue weighted by Gasteiger charge is -2.30. The number of rotatable bonds is 10. The van der Waals surface area contributed by atoms with Gasteiger partial charge in [-0.2, -0.15) is 0 Å². The molecular formula is C17H34N2O2. The third-order valence-electron chi connectivity index (χ3n) is 4.70. The number of hydrogen-bond acceptors (Lipinski definition) is 3. The van der Waals surface area contributed by atoms with E-state index in [2.05, 4.69) is 17.1 Å². The number of unbranched alkanes of at least 4 members (excludes halogenated alkanes) is 1. The normalized spacial score (nSPS) is 19.3. The summed E-state index contributed by atoms with van der Waals surface area (Å²) in [7, 11) is 0. The number of aliphatic carboxylic acids is 1. The van der Waals surface area contributed by atoms with E-state index < -0.39 is 11.5 Å². The second-order valence-corrected chi connectivity index (χ2v) is 6.96. The van der Waals surface area contributed by atoms with Crippen molar-refractivity contribution in [1.82, 2.24) is 10.2 Å². The molecule has 1 atom stereocenters. The second kappa shape index (κ2) is 8.74. The minimum Gasteiger partial charge on any atom is -0.480 e. The molecule has 124 valence electrons. The Hall–Kier alpha value is -0.610. The van der Waals surface area contributed by atoms with Gasteiger partial charge in [0.15, 0.2) is 0 Å². The molecule has 2 N–H and O–H groups in total. The van der Waals surface area contributed by atoms with Crippen LogP contribution in [0.2, 0.25) is 0 Å². The monoisotopic (exact) mass is 298 g/mol. The molecule has 4 nitrogen and oxygen atoms in total. The molecule has 1 aliphatic rings. The molecule has 1 fully saturated rings. The van der Waals surface area contributed by atoms with Gasteiger partial charge in [0.25, 0.3) is 0 Å². The lowest BCUT2D eigenvalue weighted by atomic mass is 9.94. The zero-order valence-electron chi connectivity index (χ0n) is 14.3. The first-order chi connectivity index (χ1) is 9.89. The van der Waals surface area contributed by atoms with Crippen molar-refractivity contribution in [3.8, 4) is 0 Å². The first-order valence-corrected chi connectivity index (χ1v) is 8.64. The number of hydrogen-bond donors (Lipinski definition) is 2. The van der Waals surface area contributed by atoms with Crippen LogP contribution in [-0.2, 0) is 4.79 Å². The molecular weight excluding hydrogens is 264 g/mol. The number of carboxylic acid groups (broad SMARTS) is 1. The zero-order chi connectivity index (χ0) is 15.9. The highest BCUT2D eigenvalue weighted by atomic mass is 16.4. The standard InChI is InChI=1S/C17H34N2O2/c1-5-19(15-10-6-7-11-15)13-9-8-12-17(4,16(20)21)18-14(2)3/h14-15,18H,5-13H2,1-4H3,(H,20,21). The fourth-order valence-corrected chi connectivity index (χ4v) is 3.54. The topological polar surface area (TPSA) is 52.6 Å². The van der Waals surface area contributed by atoms with Gasteiger partial charge in [0.05, 0.1) is 0 Å². The molecule has 0 aromatic heterocycles. The summed E-state index contributed by atoms with van der Waals surface area (Å²) in [5.41, 5.74) is -0.793. The Balaban J connectivity index is 2.34. The molecule has 0 aliphatic heterocycles. The average Bonchev–Trinajstić information content (AvgIpc) is 2.91. The van der Waals surface area contributed by atoms with Crippen LogP contribution in [0.1, 0.15) is 72.6 Å². The first-order valence-electron chi connectivity index (χ1n) is 8.64. The molecule has 4 heteroatoms. The number of carbonyl (C=O) groups is 1. The van der Waals surface area contributed by atoms with E-state index in [1.807, 2.05) is 20.8 Å². The SMILES string of the molecule is CCN(CCCCC(C)(NC(C)C)C(=O)O)C1CCCC1. The number of carboxylic acids is 1. The molecule has 0 bridgehead atoms. The minimum absolute atomic E-state index is 0.191. The molecule has 21 heavy (non-hydrogen) atoms. The molecule has 1 rings (SSSR count). The van der Waals surface area contributed by atoms with E-state index in [4.69, 9.17) is 0 Å². The molecule has 0 aromatic rings. The Bertz CT molecular complexity index is 314. The maximum Gasteiger partial charge on any atom is 0.323 e. The molecule has 0 amide bonds. The maximum atomic E-state index is 11.5. The van der Waals surface area contributed by atoms with Gasteiger partial charge in [-0.3, -0.25) is 10.1 Å². The van der Waals surface area contributed by atoms with E-state index in [9.17, 15) is 9.90 Å². The van der Waals surface area contributed by atoms with Crippen LogP contribution in [0.25, 0.3) is 0 Å². The van der Waals surface area contributed by atoms with Gasteiger partial charge >= 0.3 is 5.97 Å². The minimum atomic E-state index is -0.793. The highest BCUT2D eigenvalue weighted by Gasteiger charge is 2.32. The predicted octanol–water partition coefficient (Wildman–Crippen LogP) is 3.26. The smallest absolute Gasteiger partial charge is 0.323 e. The Labute approximate surface area is 130 Å². The van der Waals surface area contributed by atoms with Gasteiger partial charge in [-0.05, 0) is 66.0 Å². The molecule has 0 aromatic carbocycles. The molecule has 0 radical (unpaired) electrons. The van der Waals surface area contributed by atoms with E-state index in [-0.39, 0.29) is 6.04 Å². The van der Waals surface area contributed by atoms with Crippen LogP contribution in [0.5, 0.6) is 0 Å². The van der Waals surface area contributed by atoms with E-state index in [0.29, 0.717) is 6.42 Å². The van der Waals surface area contributed by atoms with Crippen LogP contribution in [-0.4, -0.2) is 46.7 Å². The average molecular weight is 298 g/mol. The lowest BCUT2D eigenvalue weighted by molar-refractivity contribution is -0.144. The highest BCUT2D eigenvalue weighted by Crippen LogP contribution is 2.24. The summed E-state index contributed by atoms with van der Waals surface area (Å²) in [6.07, 6.45) is 8.18. The van der Waals surface area contributed by atoms with Gasteiger partial charge in [0, 0.05) is 12.1 Å². The van der Waals surface area contributed by atoms with Gasteiger partial charge in [-0.15, -0.1) is 0 Å². The Morgan fingerprint density at radius 1 is 1.33 bits per heavy atom. The second-order valence-electron chi connectivity index (χ2n) is 6.96. The summed E-state index contributed by atoms with van der Waals surface area (Å²) in [6.45, 7) is 10.3. The van der Waals surface area contributed by atoms with Crippen molar-refractivity contribution in [3.05, 3.63) is 0 Å². The summed E-state index contributed by atoms with van der Waals surface area (Å²) in [5.74, 6) is -0.737. The van der Waals surface area contributed by atoms with Crippen molar-refractivity contribution in [3.63, 3.8) is 0 Å². The van der Waals surface area contributed by atoms with Crippen molar-refractivity contribution in [2.24, 2.45) is 0 Å². The number of nitrogens with zero attached hydrogens (tertiary/aromatic N) is 1. The van der Waals surface area contributed by atoms with Crippen LogP contribution < -0.4 is 5.32 Å². The fraction of sp³-hybridized carbons (Fsp3) is 0.941. The molecule has 1 aliphatic carbocycles. The van der Waals surface area contributed by atoms with Crippen molar-refractivity contribution in [1.29, 1.82) is 0 Å². The molecule has 0 heterocycles. The summed E-state index contributed by atoms with van der Waals surface area (Å²) in [4.78, 5) is 14.1. The summed E-state index contributed by atoms with van der Waals surface area (Å²) < 4.78 is 0. The van der Waals surface area contributed by atoms with Crippen LogP contribution in [0.15, 0.2) is 0 Å². The molecule has 0 spiro atoms. The third kappa shape index (κ3) is 5.95. The first kappa shape index (κ1) is 18.4. The fourth-order valence-electron chi connectivity index (χ4n) is 3.54. The highest BCUT2D eigenvalue weighted by molar-refractivity contribution is 5.78. The van der Waals surface area contributed by atoms with E-state index >= 15 is 0 Å². The zero-order valence-corrected chi connectivity index (χ0v) is 14.3. The van der Waals surface area contributed by atoms with Gasteiger partial charge in [-0.25, -0.2) is 0 Å². The van der Waals surface area contributed by atoms with Crippen molar-refractivity contribution >= 4 is 5.97 Å². The van der Waals surface area contributed by atoms with Gasteiger partial charge < -0.3 is 10.0 Å². The van der Waals surface area contributed by atoms with Gasteiger partial charge in [0.1, 0.15) is 5.54 Å². The van der Waals surface area contributed by atoms with Crippen molar-refractivity contribution < 1.29 is 9.90 Å².